The quantitative estimate of drug-likeness (QED) is 0.290. The molecule has 0 spiro atoms. The summed E-state index contributed by atoms with van der Waals surface area (Å²) in [5.74, 6) is -6.04. The highest BCUT2D eigenvalue weighted by molar-refractivity contribution is 7.10. The molecule has 1 aliphatic heterocycles. The summed E-state index contributed by atoms with van der Waals surface area (Å²) >= 11 is 1.40. The number of benzene rings is 2. The molecule has 5 rings (SSSR count). The Bertz CT molecular complexity index is 1550. The number of allylic oxidation sites excluding steroid dienone is 2. The highest BCUT2D eigenvalue weighted by atomic mass is 32.1. The fourth-order valence-corrected chi connectivity index (χ4v) is 6.48. The molecule has 0 fully saturated rings. The van der Waals surface area contributed by atoms with Crippen molar-refractivity contribution in [2.75, 3.05) is 18.1 Å². The summed E-state index contributed by atoms with van der Waals surface area (Å²) in [5.41, 5.74) is 7.90. The van der Waals surface area contributed by atoms with Gasteiger partial charge in [0.05, 0.1) is 24.7 Å². The number of ketones is 1. The van der Waals surface area contributed by atoms with Gasteiger partial charge in [0.2, 0.25) is 0 Å². The van der Waals surface area contributed by atoms with Crippen LogP contribution in [0.4, 0.5) is 14.5 Å². The van der Waals surface area contributed by atoms with Gasteiger partial charge in [-0.3, -0.25) is 14.5 Å². The van der Waals surface area contributed by atoms with Gasteiger partial charge in [0.25, 0.3) is 0 Å². The standard InChI is InChI=1S/C31H28F2N2O5S/c1-3-39-30(37)25-21(23-9-6-14-41-23)16-22-26(28(25)36)24(17-7-5-8-19(33)15-17)27(31(38)40-4-2)29(34)35(22)20-12-10-18(32)11-13-20/h5-15,21,24-25H,3-4,16,34H2,1-2H3/t21-,24+,25-/m1/s1. The van der Waals surface area contributed by atoms with E-state index in [2.05, 4.69) is 0 Å². The average molecular weight is 579 g/mol. The van der Waals surface area contributed by atoms with E-state index in [0.29, 0.717) is 16.9 Å². The Hall–Kier alpha value is -4.31. The van der Waals surface area contributed by atoms with Gasteiger partial charge in [-0.1, -0.05) is 18.2 Å². The van der Waals surface area contributed by atoms with Gasteiger partial charge in [0.15, 0.2) is 5.78 Å². The van der Waals surface area contributed by atoms with Gasteiger partial charge in [-0.2, -0.15) is 0 Å². The molecule has 0 radical (unpaired) electrons. The summed E-state index contributed by atoms with van der Waals surface area (Å²) in [6.45, 7) is 3.38. The first kappa shape index (κ1) is 28.2. The summed E-state index contributed by atoms with van der Waals surface area (Å²) in [6.07, 6.45) is 0.172. The SMILES string of the molecule is CCOC(=O)C1=C(N)N(c2ccc(F)cc2)C2=C(C(=O)[C@H](C(=O)OCC)[C@@H](c3cccs3)C2)[C@@H]1c1cccc(F)c1. The van der Waals surface area contributed by atoms with Crippen molar-refractivity contribution in [3.05, 3.63) is 111 Å². The second-order valence-corrected chi connectivity index (χ2v) is 10.6. The predicted molar refractivity (Wildman–Crippen MR) is 150 cm³/mol. The largest absolute Gasteiger partial charge is 0.465 e. The lowest BCUT2D eigenvalue weighted by Gasteiger charge is -2.43. The van der Waals surface area contributed by atoms with Gasteiger partial charge in [0.1, 0.15) is 23.4 Å². The number of Topliss-reactive ketones (excluding diaryl/α,β-unsaturated/α-hetero) is 1. The lowest BCUT2D eigenvalue weighted by molar-refractivity contribution is -0.152. The number of rotatable bonds is 7. The monoisotopic (exact) mass is 578 g/mol. The number of ether oxygens (including phenoxy) is 2. The molecule has 1 aromatic heterocycles. The number of hydrogen-bond donors (Lipinski definition) is 1. The van der Waals surface area contributed by atoms with Crippen LogP contribution in [0.5, 0.6) is 0 Å². The van der Waals surface area contributed by atoms with Crippen molar-refractivity contribution in [3.63, 3.8) is 0 Å². The third-order valence-corrected chi connectivity index (χ3v) is 8.25. The molecule has 10 heteroatoms. The summed E-state index contributed by atoms with van der Waals surface area (Å²) in [7, 11) is 0. The van der Waals surface area contributed by atoms with Crippen LogP contribution in [0.1, 0.15) is 42.5 Å². The molecule has 0 unspecified atom stereocenters. The number of carbonyl (C=O) groups is 3. The minimum atomic E-state index is -1.21. The maximum atomic E-state index is 14.6. The van der Waals surface area contributed by atoms with E-state index in [9.17, 15) is 23.2 Å². The minimum Gasteiger partial charge on any atom is -0.465 e. The first-order chi connectivity index (χ1) is 19.8. The first-order valence-corrected chi connectivity index (χ1v) is 14.1. The first-order valence-electron chi connectivity index (χ1n) is 13.2. The Labute approximate surface area is 239 Å². The molecule has 212 valence electrons. The van der Waals surface area contributed by atoms with Crippen LogP contribution in [0.15, 0.2) is 88.7 Å². The zero-order valence-corrected chi connectivity index (χ0v) is 23.3. The van der Waals surface area contributed by atoms with Crippen molar-refractivity contribution in [2.45, 2.75) is 32.1 Å². The molecule has 1 aliphatic carbocycles. The average Bonchev–Trinajstić information content (AvgIpc) is 3.48. The highest BCUT2D eigenvalue weighted by Crippen LogP contribution is 2.52. The van der Waals surface area contributed by atoms with Crippen molar-refractivity contribution in [2.24, 2.45) is 11.7 Å². The van der Waals surface area contributed by atoms with Gasteiger partial charge >= 0.3 is 11.9 Å². The van der Waals surface area contributed by atoms with Crippen LogP contribution >= 0.6 is 11.3 Å². The summed E-state index contributed by atoms with van der Waals surface area (Å²) < 4.78 is 39.2. The van der Waals surface area contributed by atoms with Crippen LogP contribution < -0.4 is 10.6 Å². The van der Waals surface area contributed by atoms with Crippen LogP contribution in [0.25, 0.3) is 0 Å². The van der Waals surface area contributed by atoms with E-state index in [-0.39, 0.29) is 36.6 Å². The topological polar surface area (TPSA) is 98.9 Å². The fraction of sp³-hybridized carbons (Fsp3) is 0.258. The van der Waals surface area contributed by atoms with E-state index in [4.69, 9.17) is 15.2 Å². The normalized spacial score (nSPS) is 20.6. The smallest absolute Gasteiger partial charge is 0.338 e. The number of halogens is 2. The van der Waals surface area contributed by atoms with E-state index in [1.54, 1.807) is 19.9 Å². The van der Waals surface area contributed by atoms with Crippen LogP contribution in [0, 0.1) is 17.6 Å². The van der Waals surface area contributed by atoms with Gasteiger partial charge in [-0.15, -0.1) is 11.3 Å². The Morgan fingerprint density at radius 3 is 2.37 bits per heavy atom. The predicted octanol–water partition coefficient (Wildman–Crippen LogP) is 5.55. The van der Waals surface area contributed by atoms with Crippen molar-refractivity contribution in [1.29, 1.82) is 0 Å². The van der Waals surface area contributed by atoms with E-state index in [0.717, 1.165) is 4.88 Å². The van der Waals surface area contributed by atoms with Gasteiger partial charge in [-0.25, -0.2) is 13.6 Å². The van der Waals surface area contributed by atoms with E-state index in [1.165, 1.54) is 58.7 Å². The molecule has 0 saturated heterocycles. The number of hydrogen-bond acceptors (Lipinski definition) is 8. The summed E-state index contributed by atoms with van der Waals surface area (Å²) in [5, 5.41) is 1.85. The number of nitrogens with zero attached hydrogens (tertiary/aromatic N) is 1. The van der Waals surface area contributed by atoms with Crippen LogP contribution in [-0.2, 0) is 23.9 Å². The molecule has 3 aromatic rings. The van der Waals surface area contributed by atoms with Gasteiger partial charge < -0.3 is 15.2 Å². The van der Waals surface area contributed by atoms with E-state index < -0.39 is 47.1 Å². The third-order valence-electron chi connectivity index (χ3n) is 7.25. The summed E-state index contributed by atoms with van der Waals surface area (Å²) in [4.78, 5) is 43.7. The second-order valence-electron chi connectivity index (χ2n) is 9.60. The molecule has 0 bridgehead atoms. The van der Waals surface area contributed by atoms with Crippen molar-refractivity contribution < 1.29 is 32.6 Å². The second kappa shape index (κ2) is 11.7. The lowest BCUT2D eigenvalue weighted by Crippen LogP contribution is -2.46. The number of nitrogens with two attached hydrogens (primary N) is 1. The third kappa shape index (κ3) is 5.15. The Balaban J connectivity index is 1.82. The molecule has 2 N–H and O–H groups in total. The molecular weight excluding hydrogens is 550 g/mol. The van der Waals surface area contributed by atoms with E-state index in [1.807, 2.05) is 17.5 Å². The molecule has 2 heterocycles. The molecule has 2 aliphatic rings. The number of thiophene rings is 1. The zero-order chi connectivity index (χ0) is 29.3. The highest BCUT2D eigenvalue weighted by Gasteiger charge is 2.51. The van der Waals surface area contributed by atoms with Crippen molar-refractivity contribution >= 4 is 34.7 Å². The van der Waals surface area contributed by atoms with Crippen molar-refractivity contribution in [1.82, 2.24) is 0 Å². The fourth-order valence-electron chi connectivity index (χ4n) is 5.61. The maximum absolute atomic E-state index is 14.6. The molecule has 41 heavy (non-hydrogen) atoms. The summed E-state index contributed by atoms with van der Waals surface area (Å²) in [6, 6.07) is 14.7. The van der Waals surface area contributed by atoms with Gasteiger partial charge in [0, 0.05) is 27.8 Å². The number of carbonyl (C=O) groups excluding carboxylic acids is 3. The molecular formula is C31H28F2N2O5S. The van der Waals surface area contributed by atoms with Crippen LogP contribution in [-0.4, -0.2) is 30.9 Å². The molecule has 0 saturated carbocycles. The lowest BCUT2D eigenvalue weighted by atomic mass is 9.68. The Kier molecular flexibility index (Phi) is 8.03. The van der Waals surface area contributed by atoms with Crippen LogP contribution in [0.3, 0.4) is 0 Å². The Morgan fingerprint density at radius 2 is 1.73 bits per heavy atom. The van der Waals surface area contributed by atoms with Crippen molar-refractivity contribution in [3.8, 4) is 0 Å². The minimum absolute atomic E-state index is 0.0216. The van der Waals surface area contributed by atoms with Crippen LogP contribution in [0.2, 0.25) is 0 Å². The molecule has 7 nitrogen and oxygen atoms in total. The maximum Gasteiger partial charge on any atom is 0.338 e. The molecule has 0 amide bonds. The molecule has 2 aromatic carbocycles. The Morgan fingerprint density at radius 1 is 1.00 bits per heavy atom. The number of esters is 2. The molecule has 3 atom stereocenters. The van der Waals surface area contributed by atoms with Gasteiger partial charge in [-0.05, 0) is 73.7 Å². The van der Waals surface area contributed by atoms with E-state index >= 15 is 0 Å². The number of anilines is 1. The zero-order valence-electron chi connectivity index (χ0n) is 22.4.